The van der Waals surface area contributed by atoms with Crippen LogP contribution in [0.3, 0.4) is 0 Å². The Hall–Kier alpha value is -2.07. The Kier molecular flexibility index (Phi) is 4.29. The Labute approximate surface area is 134 Å². The molecule has 0 aliphatic heterocycles. The zero-order chi connectivity index (χ0) is 15.5. The summed E-state index contributed by atoms with van der Waals surface area (Å²) in [6.07, 6.45) is 0.470. The minimum atomic E-state index is -0.396. The number of nitrogens with zero attached hydrogens (tertiary/aromatic N) is 1. The van der Waals surface area contributed by atoms with E-state index < -0.39 is 6.09 Å². The first kappa shape index (κ1) is 14.9. The molecule has 3 rings (SSSR count). The fourth-order valence-electron chi connectivity index (χ4n) is 2.43. The quantitative estimate of drug-likeness (QED) is 0.872. The zero-order valence-electron chi connectivity index (χ0n) is 12.3. The van der Waals surface area contributed by atoms with E-state index in [9.17, 15) is 4.79 Å². The number of aryl methyl sites for hydroxylation is 1. The van der Waals surface area contributed by atoms with Gasteiger partial charge in [-0.25, -0.2) is 9.78 Å². The molecule has 22 heavy (non-hydrogen) atoms. The molecule has 1 heterocycles. The van der Waals surface area contributed by atoms with Crippen LogP contribution < -0.4 is 5.32 Å². The van der Waals surface area contributed by atoms with Gasteiger partial charge in [0.05, 0.1) is 0 Å². The van der Waals surface area contributed by atoms with Crippen LogP contribution >= 0.6 is 11.6 Å². The molecule has 2 aromatic rings. The van der Waals surface area contributed by atoms with Crippen LogP contribution in [0.15, 0.2) is 42.5 Å². The van der Waals surface area contributed by atoms with Crippen LogP contribution in [0.25, 0.3) is 0 Å². The maximum Gasteiger partial charge on any atom is 0.407 e. The Bertz CT molecular complexity index is 676. The second-order valence-corrected chi connectivity index (χ2v) is 5.85. The molecule has 1 aliphatic rings. The molecule has 5 heteroatoms. The van der Waals surface area contributed by atoms with Gasteiger partial charge in [0.1, 0.15) is 11.8 Å². The van der Waals surface area contributed by atoms with E-state index >= 15 is 0 Å². The van der Waals surface area contributed by atoms with E-state index in [-0.39, 0.29) is 18.6 Å². The third-order valence-electron chi connectivity index (χ3n) is 3.72. The van der Waals surface area contributed by atoms with Gasteiger partial charge in [-0.1, -0.05) is 48.0 Å². The largest absolute Gasteiger partial charge is 0.445 e. The van der Waals surface area contributed by atoms with Crippen molar-refractivity contribution in [2.24, 2.45) is 0 Å². The van der Waals surface area contributed by atoms with Gasteiger partial charge in [-0.3, -0.25) is 0 Å². The number of ether oxygens (including phenoxy) is 1. The van der Waals surface area contributed by atoms with Crippen LogP contribution in [0.1, 0.15) is 29.2 Å². The normalized spacial score (nSPS) is 19.5. The van der Waals surface area contributed by atoms with Crippen LogP contribution in [0.4, 0.5) is 4.79 Å². The number of pyridine rings is 1. The number of carbonyl (C=O) groups is 1. The van der Waals surface area contributed by atoms with Crippen molar-refractivity contribution in [2.75, 3.05) is 0 Å². The monoisotopic (exact) mass is 316 g/mol. The summed E-state index contributed by atoms with van der Waals surface area (Å²) in [7, 11) is 0. The van der Waals surface area contributed by atoms with Crippen LogP contribution in [-0.2, 0) is 11.3 Å². The first-order valence-electron chi connectivity index (χ1n) is 7.24. The molecule has 1 aliphatic carbocycles. The topological polar surface area (TPSA) is 51.2 Å². The lowest BCUT2D eigenvalue weighted by atomic mass is 10.2. The lowest BCUT2D eigenvalue weighted by Gasteiger charge is -2.07. The lowest BCUT2D eigenvalue weighted by Crippen LogP contribution is -2.27. The number of nitrogens with one attached hydrogen (secondary N) is 1. The van der Waals surface area contributed by atoms with Crippen molar-refractivity contribution >= 4 is 17.7 Å². The molecular weight excluding hydrogens is 300 g/mol. The number of carbonyl (C=O) groups excluding carboxylic acids is 1. The van der Waals surface area contributed by atoms with E-state index in [1.54, 1.807) is 0 Å². The highest BCUT2D eigenvalue weighted by atomic mass is 35.5. The van der Waals surface area contributed by atoms with E-state index in [2.05, 4.69) is 10.3 Å². The van der Waals surface area contributed by atoms with Crippen LogP contribution in [0.2, 0.25) is 5.15 Å². The molecule has 4 nitrogen and oxygen atoms in total. The van der Waals surface area contributed by atoms with Gasteiger partial charge in [0.2, 0.25) is 0 Å². The minimum Gasteiger partial charge on any atom is -0.445 e. The summed E-state index contributed by atoms with van der Waals surface area (Å²) in [4.78, 5) is 16.0. The van der Waals surface area contributed by atoms with Crippen LogP contribution in [0.5, 0.6) is 0 Å². The van der Waals surface area contributed by atoms with Gasteiger partial charge in [0.25, 0.3) is 0 Å². The van der Waals surface area contributed by atoms with Crippen molar-refractivity contribution < 1.29 is 9.53 Å². The minimum absolute atomic E-state index is 0.0743. The predicted molar refractivity (Wildman–Crippen MR) is 84.9 cm³/mol. The molecule has 0 saturated heterocycles. The summed E-state index contributed by atoms with van der Waals surface area (Å²) in [5.74, 6) is 0.227. The molecule has 1 fully saturated rings. The molecule has 1 aromatic heterocycles. The molecule has 1 saturated carbocycles. The Balaban J connectivity index is 1.50. The highest BCUT2D eigenvalue weighted by Gasteiger charge is 2.41. The molecule has 1 amide bonds. The van der Waals surface area contributed by atoms with Gasteiger partial charge in [0, 0.05) is 17.7 Å². The number of aromatic nitrogens is 1. The summed E-state index contributed by atoms with van der Waals surface area (Å²) >= 11 is 6.15. The van der Waals surface area contributed by atoms with Gasteiger partial charge < -0.3 is 10.1 Å². The number of halogens is 1. The number of amides is 1. The third-order valence-corrected chi connectivity index (χ3v) is 4.03. The van der Waals surface area contributed by atoms with Crippen molar-refractivity contribution in [3.63, 3.8) is 0 Å². The molecule has 2 atom stereocenters. The smallest absolute Gasteiger partial charge is 0.407 e. The second kappa shape index (κ2) is 6.36. The van der Waals surface area contributed by atoms with E-state index in [1.165, 1.54) is 0 Å². The molecular formula is C17H17ClN2O2. The highest BCUT2D eigenvalue weighted by molar-refractivity contribution is 6.30. The van der Waals surface area contributed by atoms with Crippen LogP contribution in [-0.4, -0.2) is 17.1 Å². The summed E-state index contributed by atoms with van der Waals surface area (Å²) in [6, 6.07) is 13.6. The SMILES string of the molecule is Cc1ccc([C@@H]2C[C@H]2NC(=O)OCc2ccccc2)c(Cl)n1. The van der Waals surface area contributed by atoms with Crippen LogP contribution in [0, 0.1) is 6.92 Å². The van der Waals surface area contributed by atoms with E-state index in [4.69, 9.17) is 16.3 Å². The average molecular weight is 317 g/mol. The van der Waals surface area contributed by atoms with E-state index in [1.807, 2.05) is 49.4 Å². The van der Waals surface area contributed by atoms with Gasteiger partial charge >= 0.3 is 6.09 Å². The molecule has 1 aromatic carbocycles. The first-order valence-corrected chi connectivity index (χ1v) is 7.61. The molecule has 1 N–H and O–H groups in total. The fraction of sp³-hybridized carbons (Fsp3) is 0.294. The predicted octanol–water partition coefficient (Wildman–Crippen LogP) is 3.83. The highest BCUT2D eigenvalue weighted by Crippen LogP contribution is 2.43. The molecule has 0 unspecified atom stereocenters. The molecule has 114 valence electrons. The number of alkyl carbamates (subject to hydrolysis) is 1. The maximum absolute atomic E-state index is 11.8. The molecule has 0 radical (unpaired) electrons. The Morgan fingerprint density at radius 3 is 2.82 bits per heavy atom. The van der Waals surface area contributed by atoms with Crippen molar-refractivity contribution in [3.8, 4) is 0 Å². The number of hydrogen-bond acceptors (Lipinski definition) is 3. The fourth-order valence-corrected chi connectivity index (χ4v) is 2.76. The van der Waals surface area contributed by atoms with Crippen molar-refractivity contribution in [1.82, 2.24) is 10.3 Å². The molecule has 0 spiro atoms. The van der Waals surface area contributed by atoms with Crippen molar-refractivity contribution in [1.29, 1.82) is 0 Å². The standard InChI is InChI=1S/C17H17ClN2O2/c1-11-7-8-13(16(18)19-11)14-9-15(14)20-17(21)22-10-12-5-3-2-4-6-12/h2-8,14-15H,9-10H2,1H3,(H,20,21)/t14-,15+/m0/s1. The maximum atomic E-state index is 11.8. The third kappa shape index (κ3) is 3.57. The summed E-state index contributed by atoms with van der Waals surface area (Å²) in [5.41, 5.74) is 2.84. The number of hydrogen-bond donors (Lipinski definition) is 1. The summed E-state index contributed by atoms with van der Waals surface area (Å²) in [5, 5.41) is 3.39. The Morgan fingerprint density at radius 2 is 2.09 bits per heavy atom. The van der Waals surface area contributed by atoms with Gasteiger partial charge in [-0.05, 0) is 30.5 Å². The summed E-state index contributed by atoms with van der Waals surface area (Å²) < 4.78 is 5.21. The number of benzene rings is 1. The van der Waals surface area contributed by atoms with Crippen molar-refractivity contribution in [3.05, 3.63) is 64.4 Å². The second-order valence-electron chi connectivity index (χ2n) is 5.49. The Morgan fingerprint density at radius 1 is 1.32 bits per heavy atom. The number of rotatable bonds is 4. The average Bonchev–Trinajstić information content (AvgIpc) is 3.25. The van der Waals surface area contributed by atoms with E-state index in [0.717, 1.165) is 23.2 Å². The van der Waals surface area contributed by atoms with E-state index in [0.29, 0.717) is 5.15 Å². The summed E-state index contributed by atoms with van der Waals surface area (Å²) in [6.45, 7) is 2.18. The molecule has 0 bridgehead atoms. The first-order chi connectivity index (χ1) is 10.6. The van der Waals surface area contributed by atoms with Gasteiger partial charge in [-0.2, -0.15) is 0 Å². The zero-order valence-corrected chi connectivity index (χ0v) is 13.0. The van der Waals surface area contributed by atoms with Gasteiger partial charge in [0.15, 0.2) is 0 Å². The van der Waals surface area contributed by atoms with Crippen molar-refractivity contribution in [2.45, 2.75) is 31.9 Å². The van der Waals surface area contributed by atoms with Gasteiger partial charge in [-0.15, -0.1) is 0 Å². The lowest BCUT2D eigenvalue weighted by molar-refractivity contribution is 0.139.